The Morgan fingerprint density at radius 3 is 2.68 bits per heavy atom. The van der Waals surface area contributed by atoms with E-state index in [-0.39, 0.29) is 23.7 Å². The van der Waals surface area contributed by atoms with Gasteiger partial charge < -0.3 is 9.84 Å². The summed E-state index contributed by atoms with van der Waals surface area (Å²) >= 11 is 0. The van der Waals surface area contributed by atoms with Gasteiger partial charge in [-0.1, -0.05) is 5.16 Å². The Bertz CT molecular complexity index is 768. The third-order valence-corrected chi connectivity index (χ3v) is 6.27. The van der Waals surface area contributed by atoms with E-state index in [1.54, 1.807) is 6.92 Å². The van der Waals surface area contributed by atoms with Gasteiger partial charge in [0.1, 0.15) is 5.76 Å². The summed E-state index contributed by atoms with van der Waals surface area (Å²) < 4.78 is 52.4. The molecule has 1 aromatic rings. The maximum absolute atomic E-state index is 11.9. The maximum atomic E-state index is 11.9. The Kier molecular flexibility index (Phi) is 4.59. The van der Waals surface area contributed by atoms with Crippen molar-refractivity contribution >= 4 is 31.6 Å². The molecule has 0 bridgehead atoms. The number of carbonyl (C=O) groups is 1. The number of hydrogen-bond donors (Lipinski definition) is 1. The van der Waals surface area contributed by atoms with Crippen molar-refractivity contribution in [3.8, 4) is 0 Å². The summed E-state index contributed by atoms with van der Waals surface area (Å²) in [5.74, 6) is -0.278. The summed E-state index contributed by atoms with van der Waals surface area (Å²) in [4.78, 5) is 11.9. The first-order valence-electron chi connectivity index (χ1n) is 6.47. The third-order valence-electron chi connectivity index (χ3n) is 3.24. The van der Waals surface area contributed by atoms with Crippen molar-refractivity contribution in [1.82, 2.24) is 9.46 Å². The second-order valence-electron chi connectivity index (χ2n) is 5.24. The van der Waals surface area contributed by atoms with E-state index >= 15 is 0 Å². The number of carbonyl (C=O) groups excluding carboxylic acids is 1. The molecular weight excluding hydrogens is 334 g/mol. The van der Waals surface area contributed by atoms with Gasteiger partial charge in [0.15, 0.2) is 15.7 Å². The van der Waals surface area contributed by atoms with Gasteiger partial charge in [-0.3, -0.25) is 4.79 Å². The molecule has 0 saturated carbocycles. The largest absolute Gasteiger partial charge is 0.360 e. The zero-order chi connectivity index (χ0) is 16.5. The van der Waals surface area contributed by atoms with Crippen molar-refractivity contribution in [2.24, 2.45) is 0 Å². The second kappa shape index (κ2) is 5.97. The van der Waals surface area contributed by atoms with Crippen LogP contribution in [0, 0.1) is 6.92 Å². The molecule has 11 heteroatoms. The van der Waals surface area contributed by atoms with Crippen LogP contribution in [0.15, 0.2) is 10.6 Å². The molecule has 0 aliphatic carbocycles. The van der Waals surface area contributed by atoms with Crippen LogP contribution in [-0.2, 0) is 24.7 Å². The normalized spacial score (nSPS) is 21.1. The smallest absolute Gasteiger partial charge is 0.240 e. The summed E-state index contributed by atoms with van der Waals surface area (Å²) in [6.45, 7) is 1.18. The Balaban J connectivity index is 2.09. The molecule has 2 rings (SSSR count). The van der Waals surface area contributed by atoms with E-state index in [2.05, 4.69) is 10.5 Å². The number of aromatic nitrogens is 1. The van der Waals surface area contributed by atoms with Gasteiger partial charge >= 0.3 is 0 Å². The maximum Gasteiger partial charge on any atom is 0.240 e. The lowest BCUT2D eigenvalue weighted by atomic mass is 10.2. The highest BCUT2D eigenvalue weighted by Crippen LogP contribution is 2.20. The molecule has 0 aromatic carbocycles. The molecule has 1 aromatic heterocycles. The van der Waals surface area contributed by atoms with Gasteiger partial charge in [0, 0.05) is 12.1 Å². The van der Waals surface area contributed by atoms with Crippen LogP contribution in [0.4, 0.5) is 5.82 Å². The van der Waals surface area contributed by atoms with E-state index in [0.717, 1.165) is 10.6 Å². The number of hydrogen-bond acceptors (Lipinski definition) is 7. The van der Waals surface area contributed by atoms with Gasteiger partial charge in [0.25, 0.3) is 0 Å². The predicted octanol–water partition coefficient (Wildman–Crippen LogP) is -0.630. The van der Waals surface area contributed by atoms with Crippen LogP contribution in [0.5, 0.6) is 0 Å². The Morgan fingerprint density at radius 2 is 2.23 bits per heavy atom. The summed E-state index contributed by atoms with van der Waals surface area (Å²) in [6.07, 6.45) is 1.14. The van der Waals surface area contributed by atoms with Crippen LogP contribution < -0.4 is 5.32 Å². The fourth-order valence-electron chi connectivity index (χ4n) is 2.27. The van der Waals surface area contributed by atoms with Gasteiger partial charge in [-0.15, -0.1) is 0 Å². The van der Waals surface area contributed by atoms with Crippen molar-refractivity contribution in [2.75, 3.05) is 29.6 Å². The number of sulfone groups is 1. The average Bonchev–Trinajstić information content (AvgIpc) is 2.91. The Labute approximate surface area is 128 Å². The lowest BCUT2D eigenvalue weighted by Gasteiger charge is -2.24. The standard InChI is InChI=1S/C11H17N3O6S2/c1-8-5-10(13-20-8)12-11(15)6-14(21(2,16)17)9-3-4-22(18,19)7-9/h5,9H,3-4,6-7H2,1-2H3,(H,12,13,15). The monoisotopic (exact) mass is 351 g/mol. The van der Waals surface area contributed by atoms with E-state index in [4.69, 9.17) is 4.52 Å². The van der Waals surface area contributed by atoms with Crippen molar-refractivity contribution in [3.05, 3.63) is 11.8 Å². The molecule has 1 unspecified atom stereocenters. The van der Waals surface area contributed by atoms with Crippen LogP contribution >= 0.6 is 0 Å². The van der Waals surface area contributed by atoms with Crippen LogP contribution in [0.1, 0.15) is 12.2 Å². The van der Waals surface area contributed by atoms with Crippen LogP contribution in [0.25, 0.3) is 0 Å². The van der Waals surface area contributed by atoms with Gasteiger partial charge in [-0.05, 0) is 13.3 Å². The first kappa shape index (κ1) is 16.9. The Hall–Kier alpha value is -1.46. The molecule has 1 fully saturated rings. The van der Waals surface area contributed by atoms with E-state index in [0.29, 0.717) is 5.76 Å². The molecule has 0 radical (unpaired) electrons. The van der Waals surface area contributed by atoms with Gasteiger partial charge in [-0.25, -0.2) is 16.8 Å². The minimum absolute atomic E-state index is 0.0756. The number of nitrogens with one attached hydrogen (secondary N) is 1. The predicted molar refractivity (Wildman–Crippen MR) is 78.5 cm³/mol. The average molecular weight is 351 g/mol. The summed E-state index contributed by atoms with van der Waals surface area (Å²) in [7, 11) is -6.97. The summed E-state index contributed by atoms with van der Waals surface area (Å²) in [6, 6.07) is 0.771. The highest BCUT2D eigenvalue weighted by molar-refractivity contribution is 7.92. The fraction of sp³-hybridized carbons (Fsp3) is 0.636. The first-order chi connectivity index (χ1) is 10.1. The lowest BCUT2D eigenvalue weighted by Crippen LogP contribution is -2.44. The van der Waals surface area contributed by atoms with Gasteiger partial charge in [0.05, 0.1) is 24.3 Å². The van der Waals surface area contributed by atoms with Crippen LogP contribution in [0.3, 0.4) is 0 Å². The Morgan fingerprint density at radius 1 is 1.55 bits per heavy atom. The number of rotatable bonds is 5. The molecular formula is C11H17N3O6S2. The SMILES string of the molecule is Cc1cc(NC(=O)CN(C2CCS(=O)(=O)C2)S(C)(=O)=O)no1. The highest BCUT2D eigenvalue weighted by Gasteiger charge is 2.37. The molecule has 22 heavy (non-hydrogen) atoms. The first-order valence-corrected chi connectivity index (χ1v) is 10.1. The van der Waals surface area contributed by atoms with E-state index in [1.807, 2.05) is 0 Å². The molecule has 124 valence electrons. The molecule has 2 heterocycles. The molecule has 1 amide bonds. The quantitative estimate of drug-likeness (QED) is 0.748. The van der Waals surface area contributed by atoms with E-state index < -0.39 is 38.4 Å². The van der Waals surface area contributed by atoms with Gasteiger partial charge in [0.2, 0.25) is 15.9 Å². The number of amides is 1. The van der Waals surface area contributed by atoms with Crippen molar-refractivity contribution in [2.45, 2.75) is 19.4 Å². The molecule has 1 saturated heterocycles. The third kappa shape index (κ3) is 4.27. The molecule has 1 atom stereocenters. The molecule has 1 aliphatic rings. The van der Waals surface area contributed by atoms with E-state index in [1.165, 1.54) is 6.07 Å². The zero-order valence-corrected chi connectivity index (χ0v) is 13.8. The summed E-state index contributed by atoms with van der Waals surface area (Å²) in [5, 5.41) is 5.99. The molecule has 9 nitrogen and oxygen atoms in total. The summed E-state index contributed by atoms with van der Waals surface area (Å²) in [5.41, 5.74) is 0. The highest BCUT2D eigenvalue weighted by atomic mass is 32.2. The zero-order valence-electron chi connectivity index (χ0n) is 12.1. The van der Waals surface area contributed by atoms with Crippen molar-refractivity contribution < 1.29 is 26.2 Å². The number of nitrogens with zero attached hydrogens (tertiary/aromatic N) is 2. The number of aryl methyl sites for hydroxylation is 1. The minimum Gasteiger partial charge on any atom is -0.360 e. The van der Waals surface area contributed by atoms with Gasteiger partial charge in [-0.2, -0.15) is 4.31 Å². The van der Waals surface area contributed by atoms with Crippen molar-refractivity contribution in [3.63, 3.8) is 0 Å². The molecule has 0 spiro atoms. The van der Waals surface area contributed by atoms with Crippen molar-refractivity contribution in [1.29, 1.82) is 0 Å². The van der Waals surface area contributed by atoms with Crippen LogP contribution in [-0.4, -0.2) is 62.6 Å². The topological polar surface area (TPSA) is 127 Å². The lowest BCUT2D eigenvalue weighted by molar-refractivity contribution is -0.116. The number of anilines is 1. The fourth-order valence-corrected chi connectivity index (χ4v) is 5.17. The minimum atomic E-state index is -3.72. The molecule has 1 aliphatic heterocycles. The molecule has 1 N–H and O–H groups in total. The van der Waals surface area contributed by atoms with E-state index in [9.17, 15) is 21.6 Å². The van der Waals surface area contributed by atoms with Crippen LogP contribution in [0.2, 0.25) is 0 Å². The second-order valence-corrected chi connectivity index (χ2v) is 9.40. The number of sulfonamides is 1.